The Morgan fingerprint density at radius 2 is 1.50 bits per heavy atom. The fourth-order valence-electron chi connectivity index (χ4n) is 5.02. The summed E-state index contributed by atoms with van der Waals surface area (Å²) in [4.78, 5) is 22.6. The van der Waals surface area contributed by atoms with Crippen LogP contribution < -0.4 is 5.73 Å². The van der Waals surface area contributed by atoms with Gasteiger partial charge in [-0.25, -0.2) is 4.79 Å². The lowest BCUT2D eigenvalue weighted by Crippen LogP contribution is -2.48. The average Bonchev–Trinajstić information content (AvgIpc) is 2.23. The van der Waals surface area contributed by atoms with E-state index in [0.717, 1.165) is 25.3 Å². The first-order valence-corrected chi connectivity index (χ1v) is 6.73. The van der Waals surface area contributed by atoms with E-state index in [1.807, 2.05) is 0 Å². The lowest BCUT2D eigenvalue weighted by molar-refractivity contribution is -0.137. The molecule has 18 heavy (non-hydrogen) atoms. The van der Waals surface area contributed by atoms with E-state index in [1.165, 1.54) is 19.3 Å². The molecule has 1 amide bonds. The summed E-state index contributed by atoms with van der Waals surface area (Å²) in [6.07, 6.45) is 7.73. The third kappa shape index (κ3) is 1.74. The highest BCUT2D eigenvalue weighted by molar-refractivity contribution is 5.98. The zero-order valence-electron chi connectivity index (χ0n) is 10.4. The third-order valence-corrected chi connectivity index (χ3v) is 5.13. The van der Waals surface area contributed by atoms with Gasteiger partial charge in [0, 0.05) is 17.1 Å². The maximum Gasteiger partial charge on any atom is 0.332 e. The second-order valence-corrected chi connectivity index (χ2v) is 6.46. The zero-order chi connectivity index (χ0) is 12.9. The number of amides is 1. The predicted octanol–water partition coefficient (Wildman–Crippen LogP) is 1.70. The maximum atomic E-state index is 11.5. The molecule has 3 N–H and O–H groups in total. The molecule has 0 aromatic carbocycles. The quantitative estimate of drug-likeness (QED) is 0.747. The molecule has 4 heteroatoms. The summed E-state index contributed by atoms with van der Waals surface area (Å²) in [6, 6.07) is 0. The van der Waals surface area contributed by atoms with Gasteiger partial charge in [-0.3, -0.25) is 4.79 Å². The number of rotatable bonds is 3. The average molecular weight is 249 g/mol. The minimum absolute atomic E-state index is 0.268. The van der Waals surface area contributed by atoms with Crippen molar-refractivity contribution in [3.63, 3.8) is 0 Å². The Morgan fingerprint density at radius 1 is 1.06 bits per heavy atom. The Hall–Kier alpha value is -1.32. The molecule has 0 aromatic rings. The monoisotopic (exact) mass is 249 g/mol. The van der Waals surface area contributed by atoms with Gasteiger partial charge in [0.25, 0.3) is 0 Å². The van der Waals surface area contributed by atoms with Crippen LogP contribution in [0.2, 0.25) is 0 Å². The van der Waals surface area contributed by atoms with Crippen molar-refractivity contribution in [2.24, 2.45) is 28.9 Å². The fourth-order valence-corrected chi connectivity index (χ4v) is 5.02. The molecule has 0 aromatic heterocycles. The molecule has 4 nitrogen and oxygen atoms in total. The van der Waals surface area contributed by atoms with E-state index in [-0.39, 0.29) is 11.0 Å². The minimum atomic E-state index is -0.962. The second-order valence-electron chi connectivity index (χ2n) is 6.46. The third-order valence-electron chi connectivity index (χ3n) is 5.13. The second kappa shape index (κ2) is 3.84. The van der Waals surface area contributed by atoms with Crippen molar-refractivity contribution in [3.8, 4) is 0 Å². The van der Waals surface area contributed by atoms with Crippen LogP contribution in [-0.4, -0.2) is 17.0 Å². The fraction of sp³-hybridized carbons (Fsp3) is 0.714. The van der Waals surface area contributed by atoms with Gasteiger partial charge in [0.05, 0.1) is 0 Å². The number of aliphatic carboxylic acids is 1. The van der Waals surface area contributed by atoms with E-state index in [9.17, 15) is 14.7 Å². The number of carboxylic acids is 1. The molecule has 4 fully saturated rings. The Labute approximate surface area is 106 Å². The molecule has 0 unspecified atom stereocenters. The molecule has 4 aliphatic carbocycles. The molecular formula is C14H19NO3. The van der Waals surface area contributed by atoms with Crippen molar-refractivity contribution >= 4 is 11.9 Å². The van der Waals surface area contributed by atoms with Gasteiger partial charge in [-0.05, 0) is 56.3 Å². The first-order valence-electron chi connectivity index (χ1n) is 6.73. The van der Waals surface area contributed by atoms with Crippen LogP contribution in [0.5, 0.6) is 0 Å². The van der Waals surface area contributed by atoms with Crippen LogP contribution in [0.3, 0.4) is 0 Å². The summed E-state index contributed by atoms with van der Waals surface area (Å²) in [5, 5.41) is 9.41. The van der Waals surface area contributed by atoms with E-state index in [0.29, 0.717) is 17.8 Å². The highest BCUT2D eigenvalue weighted by atomic mass is 16.4. The topological polar surface area (TPSA) is 80.4 Å². The van der Waals surface area contributed by atoms with Gasteiger partial charge in [-0.2, -0.15) is 0 Å². The maximum absolute atomic E-state index is 11.5. The largest absolute Gasteiger partial charge is 0.478 e. The van der Waals surface area contributed by atoms with Gasteiger partial charge in [-0.15, -0.1) is 0 Å². The Bertz CT molecular complexity index is 403. The van der Waals surface area contributed by atoms with Gasteiger partial charge < -0.3 is 10.8 Å². The molecular weight excluding hydrogens is 230 g/mol. The van der Waals surface area contributed by atoms with Crippen molar-refractivity contribution < 1.29 is 14.7 Å². The zero-order valence-corrected chi connectivity index (χ0v) is 10.4. The van der Waals surface area contributed by atoms with Crippen LogP contribution in [0, 0.1) is 23.2 Å². The summed E-state index contributed by atoms with van der Waals surface area (Å²) in [5.74, 6) is 0.379. The number of hydrogen-bond donors (Lipinski definition) is 2. The number of carbonyl (C=O) groups excluding carboxylic acids is 1. The van der Waals surface area contributed by atoms with E-state index in [2.05, 4.69) is 0 Å². The van der Waals surface area contributed by atoms with Gasteiger partial charge in [0.1, 0.15) is 0 Å². The highest BCUT2D eigenvalue weighted by Crippen LogP contribution is 2.62. The summed E-state index contributed by atoms with van der Waals surface area (Å²) >= 11 is 0. The van der Waals surface area contributed by atoms with Crippen molar-refractivity contribution in [2.45, 2.75) is 38.5 Å². The number of carbonyl (C=O) groups is 2. The standard InChI is InChI=1S/C14H19NO3/c15-12(16)4-11(13(17)18)14-5-8-1-9(6-14)3-10(2-8)7-14/h4,8-10H,1-3,5-7H2,(H2,15,16)(H,17,18)/b11-4+. The SMILES string of the molecule is NC(=O)/C=C(\C(=O)O)C12CC3CC(CC(C3)C1)C2. The summed E-state index contributed by atoms with van der Waals surface area (Å²) < 4.78 is 0. The van der Waals surface area contributed by atoms with Crippen molar-refractivity contribution in [3.05, 3.63) is 11.6 Å². The van der Waals surface area contributed by atoms with Crippen LogP contribution in [0.4, 0.5) is 0 Å². The Kier molecular flexibility index (Phi) is 2.50. The number of primary amides is 1. The van der Waals surface area contributed by atoms with Crippen LogP contribution >= 0.6 is 0 Å². The molecule has 0 radical (unpaired) electrons. The van der Waals surface area contributed by atoms with Gasteiger partial charge in [-0.1, -0.05) is 0 Å². The van der Waals surface area contributed by atoms with E-state index in [4.69, 9.17) is 5.73 Å². The summed E-state index contributed by atoms with van der Waals surface area (Å²) in [5.41, 5.74) is 5.18. The molecule has 0 saturated heterocycles. The Balaban J connectivity index is 1.98. The molecule has 0 spiro atoms. The van der Waals surface area contributed by atoms with Gasteiger partial charge in [0.2, 0.25) is 5.91 Å². The predicted molar refractivity (Wildman–Crippen MR) is 65.5 cm³/mol. The van der Waals surface area contributed by atoms with E-state index in [1.54, 1.807) is 0 Å². The first kappa shape index (κ1) is 11.8. The van der Waals surface area contributed by atoms with E-state index < -0.39 is 11.9 Å². The van der Waals surface area contributed by atoms with Gasteiger partial charge in [0.15, 0.2) is 0 Å². The molecule has 4 saturated carbocycles. The number of carboxylic acid groups (broad SMARTS) is 1. The number of nitrogens with two attached hydrogens (primary N) is 1. The minimum Gasteiger partial charge on any atom is -0.478 e. The normalized spacial score (nSPS) is 42.0. The lowest BCUT2D eigenvalue weighted by atomic mass is 9.47. The van der Waals surface area contributed by atoms with Crippen molar-refractivity contribution in [2.75, 3.05) is 0 Å². The Morgan fingerprint density at radius 3 is 1.83 bits per heavy atom. The molecule has 4 bridgehead atoms. The first-order chi connectivity index (χ1) is 8.48. The molecule has 0 aliphatic heterocycles. The molecule has 4 aliphatic rings. The lowest BCUT2D eigenvalue weighted by Gasteiger charge is -2.57. The summed E-state index contributed by atoms with van der Waals surface area (Å²) in [7, 11) is 0. The molecule has 4 rings (SSSR count). The van der Waals surface area contributed by atoms with Crippen molar-refractivity contribution in [1.29, 1.82) is 0 Å². The van der Waals surface area contributed by atoms with E-state index >= 15 is 0 Å². The molecule has 0 atom stereocenters. The van der Waals surface area contributed by atoms with Crippen LogP contribution in [0.1, 0.15) is 38.5 Å². The molecule has 0 heterocycles. The van der Waals surface area contributed by atoms with Gasteiger partial charge >= 0.3 is 5.97 Å². The smallest absolute Gasteiger partial charge is 0.332 e. The summed E-state index contributed by atoms with van der Waals surface area (Å²) in [6.45, 7) is 0. The highest BCUT2D eigenvalue weighted by Gasteiger charge is 2.53. The number of hydrogen-bond acceptors (Lipinski definition) is 2. The van der Waals surface area contributed by atoms with Crippen LogP contribution in [0.15, 0.2) is 11.6 Å². The molecule has 98 valence electrons. The van der Waals surface area contributed by atoms with Crippen LogP contribution in [-0.2, 0) is 9.59 Å². The van der Waals surface area contributed by atoms with Crippen LogP contribution in [0.25, 0.3) is 0 Å². The van der Waals surface area contributed by atoms with Crippen molar-refractivity contribution in [1.82, 2.24) is 0 Å².